The molecule has 6 rings (SSSR count). The smallest absolute Gasteiger partial charge is 0.217 e. The fourth-order valence-electron chi connectivity index (χ4n) is 5.19. The lowest BCUT2D eigenvalue weighted by Gasteiger charge is -2.22. The summed E-state index contributed by atoms with van der Waals surface area (Å²) in [6, 6.07) is 34.9. The van der Waals surface area contributed by atoms with Crippen molar-refractivity contribution in [1.82, 2.24) is 0 Å². The Bertz CT molecular complexity index is 1310. The van der Waals surface area contributed by atoms with Gasteiger partial charge in [-0.15, -0.1) is 0 Å². The molecule has 0 radical (unpaired) electrons. The molecule has 2 aliphatic rings. The highest BCUT2D eigenvalue weighted by molar-refractivity contribution is 7.80. The summed E-state index contributed by atoms with van der Waals surface area (Å²) in [4.78, 5) is 5.20. The summed E-state index contributed by atoms with van der Waals surface area (Å²) in [7, 11) is -0.722. The van der Waals surface area contributed by atoms with Gasteiger partial charge in [-0.2, -0.15) is 0 Å². The van der Waals surface area contributed by atoms with E-state index in [9.17, 15) is 0 Å². The molecule has 3 heteroatoms. The Hall–Kier alpha value is -3.22. The van der Waals surface area contributed by atoms with Crippen LogP contribution in [0, 0.1) is 13.8 Å². The number of nitrogens with zero attached hydrogens (tertiary/aromatic N) is 1. The molecule has 1 aliphatic carbocycles. The van der Waals surface area contributed by atoms with E-state index in [1.54, 1.807) is 0 Å². The fraction of sp³-hybridized carbons (Fsp3) is 0.167. The molecule has 1 aliphatic heterocycles. The van der Waals surface area contributed by atoms with Crippen molar-refractivity contribution in [3.63, 3.8) is 0 Å². The summed E-state index contributed by atoms with van der Waals surface area (Å²) in [5.41, 5.74) is 6.60. The Kier molecular flexibility index (Phi) is 5.12. The van der Waals surface area contributed by atoms with E-state index < -0.39 is 7.92 Å². The van der Waals surface area contributed by atoms with Crippen LogP contribution in [0.5, 0.6) is 0 Å². The minimum atomic E-state index is -0.722. The van der Waals surface area contributed by atoms with Gasteiger partial charge in [0.05, 0.1) is 0 Å². The number of hydrogen-bond acceptors (Lipinski definition) is 2. The second-order valence-electron chi connectivity index (χ2n) is 8.85. The number of hydrogen-bond donors (Lipinski definition) is 0. The van der Waals surface area contributed by atoms with E-state index >= 15 is 0 Å². The Balaban J connectivity index is 1.47. The zero-order chi connectivity index (χ0) is 22.4. The molecule has 0 saturated carbocycles. The molecular formula is C30H26NOP. The Morgan fingerprint density at radius 2 is 1.33 bits per heavy atom. The minimum Gasteiger partial charge on any atom is -0.471 e. The highest BCUT2D eigenvalue weighted by Crippen LogP contribution is 2.44. The van der Waals surface area contributed by atoms with E-state index in [0.717, 1.165) is 17.9 Å². The Labute approximate surface area is 196 Å². The molecular weight excluding hydrogens is 421 g/mol. The Morgan fingerprint density at radius 3 is 2.03 bits per heavy atom. The van der Waals surface area contributed by atoms with Gasteiger partial charge < -0.3 is 4.74 Å². The first-order valence-electron chi connectivity index (χ1n) is 11.5. The number of aliphatic imine (C=N–C) groups is 1. The van der Waals surface area contributed by atoms with Gasteiger partial charge in [-0.05, 0) is 66.0 Å². The average Bonchev–Trinajstić information content (AvgIpc) is 3.42. The second kappa shape index (κ2) is 8.28. The van der Waals surface area contributed by atoms with Gasteiger partial charge in [0.2, 0.25) is 5.90 Å². The van der Waals surface area contributed by atoms with Crippen LogP contribution in [0.15, 0.2) is 102 Å². The highest BCUT2D eigenvalue weighted by Gasteiger charge is 2.41. The average molecular weight is 448 g/mol. The first-order chi connectivity index (χ1) is 16.2. The first kappa shape index (κ1) is 20.4. The molecule has 2 nitrogen and oxygen atoms in total. The third kappa shape index (κ3) is 3.50. The quantitative estimate of drug-likeness (QED) is 0.379. The molecule has 0 amide bonds. The topological polar surface area (TPSA) is 21.6 Å². The molecule has 0 saturated heterocycles. The number of rotatable bonds is 4. The lowest BCUT2D eigenvalue weighted by atomic mass is 9.98. The SMILES string of the molecule is Cc1ccc(C)c2c1C[C@H]1OC(c3ccccc3P(c3ccccc3)c3ccccc3)=N[C@@H]21. The van der Waals surface area contributed by atoms with Crippen LogP contribution in [0.25, 0.3) is 0 Å². The van der Waals surface area contributed by atoms with Crippen LogP contribution in [0.2, 0.25) is 0 Å². The predicted octanol–water partition coefficient (Wildman–Crippen LogP) is 5.50. The van der Waals surface area contributed by atoms with Gasteiger partial charge in [-0.1, -0.05) is 91.0 Å². The number of aryl methyl sites for hydroxylation is 2. The van der Waals surface area contributed by atoms with Crippen LogP contribution in [-0.2, 0) is 11.2 Å². The van der Waals surface area contributed by atoms with Gasteiger partial charge in [-0.25, -0.2) is 4.99 Å². The molecule has 4 aromatic rings. The van der Waals surface area contributed by atoms with E-state index in [-0.39, 0.29) is 12.1 Å². The first-order valence-corrected chi connectivity index (χ1v) is 12.9. The number of ether oxygens (including phenoxy) is 1. The van der Waals surface area contributed by atoms with Crippen LogP contribution < -0.4 is 15.9 Å². The third-order valence-electron chi connectivity index (χ3n) is 6.79. The van der Waals surface area contributed by atoms with E-state index in [1.807, 2.05) is 0 Å². The minimum absolute atomic E-state index is 0.0996. The van der Waals surface area contributed by atoms with E-state index in [4.69, 9.17) is 9.73 Å². The largest absolute Gasteiger partial charge is 0.471 e. The van der Waals surface area contributed by atoms with Crippen molar-refractivity contribution in [3.05, 3.63) is 125 Å². The molecule has 0 aromatic heterocycles. The summed E-state index contributed by atoms with van der Waals surface area (Å²) in [6.07, 6.45) is 1.04. The lowest BCUT2D eigenvalue weighted by Crippen LogP contribution is -2.26. The van der Waals surface area contributed by atoms with Crippen molar-refractivity contribution in [2.24, 2.45) is 4.99 Å². The van der Waals surface area contributed by atoms with E-state index in [1.165, 1.54) is 38.2 Å². The summed E-state index contributed by atoms with van der Waals surface area (Å²) < 4.78 is 6.59. The summed E-state index contributed by atoms with van der Waals surface area (Å²) in [5, 5.41) is 3.97. The van der Waals surface area contributed by atoms with Gasteiger partial charge in [0.15, 0.2) is 0 Å². The maximum absolute atomic E-state index is 6.59. The van der Waals surface area contributed by atoms with Crippen molar-refractivity contribution < 1.29 is 4.74 Å². The predicted molar refractivity (Wildman–Crippen MR) is 139 cm³/mol. The van der Waals surface area contributed by atoms with Crippen molar-refractivity contribution in [2.75, 3.05) is 0 Å². The standard InChI is InChI=1S/C30H26NOP/c1-20-17-18-21(2)28-25(20)19-26-29(28)31-30(32-26)24-15-9-10-16-27(24)33(22-11-5-3-6-12-22)23-13-7-4-8-14-23/h3-18,26,29H,19H2,1-2H3/t26-,29-/m1/s1. The van der Waals surface area contributed by atoms with Crippen molar-refractivity contribution >= 4 is 29.7 Å². The second-order valence-corrected chi connectivity index (χ2v) is 11.0. The zero-order valence-electron chi connectivity index (χ0n) is 18.9. The molecule has 33 heavy (non-hydrogen) atoms. The molecule has 1 heterocycles. The van der Waals surface area contributed by atoms with Gasteiger partial charge in [0, 0.05) is 12.0 Å². The molecule has 2 atom stereocenters. The molecule has 4 aromatic carbocycles. The lowest BCUT2D eigenvalue weighted by molar-refractivity contribution is 0.206. The molecule has 0 bridgehead atoms. The van der Waals surface area contributed by atoms with Crippen LogP contribution in [0.3, 0.4) is 0 Å². The van der Waals surface area contributed by atoms with Gasteiger partial charge in [-0.3, -0.25) is 0 Å². The zero-order valence-corrected chi connectivity index (χ0v) is 19.8. The molecule has 0 N–H and O–H groups in total. The molecule has 0 fully saturated rings. The number of fused-ring (bicyclic) bond motifs is 3. The van der Waals surface area contributed by atoms with E-state index in [0.29, 0.717) is 0 Å². The summed E-state index contributed by atoms with van der Waals surface area (Å²) in [5.74, 6) is 0.798. The van der Waals surface area contributed by atoms with Crippen LogP contribution >= 0.6 is 7.92 Å². The normalized spacial score (nSPS) is 18.6. The van der Waals surface area contributed by atoms with Crippen LogP contribution in [-0.4, -0.2) is 12.0 Å². The van der Waals surface area contributed by atoms with Gasteiger partial charge >= 0.3 is 0 Å². The maximum Gasteiger partial charge on any atom is 0.217 e. The summed E-state index contributed by atoms with van der Waals surface area (Å²) in [6.45, 7) is 4.40. The van der Waals surface area contributed by atoms with Gasteiger partial charge in [0.25, 0.3) is 0 Å². The van der Waals surface area contributed by atoms with E-state index in [2.05, 4.69) is 111 Å². The summed E-state index contributed by atoms with van der Waals surface area (Å²) >= 11 is 0. The number of benzene rings is 4. The maximum atomic E-state index is 6.59. The van der Waals surface area contributed by atoms with Gasteiger partial charge in [0.1, 0.15) is 12.1 Å². The van der Waals surface area contributed by atoms with Crippen LogP contribution in [0.1, 0.15) is 33.9 Å². The Morgan fingerprint density at radius 1 is 0.727 bits per heavy atom. The molecule has 0 spiro atoms. The molecule has 0 unspecified atom stereocenters. The molecule has 162 valence electrons. The van der Waals surface area contributed by atoms with Crippen molar-refractivity contribution in [1.29, 1.82) is 0 Å². The fourth-order valence-corrected chi connectivity index (χ4v) is 7.63. The van der Waals surface area contributed by atoms with Crippen molar-refractivity contribution in [2.45, 2.75) is 32.4 Å². The highest BCUT2D eigenvalue weighted by atomic mass is 31.1. The monoisotopic (exact) mass is 447 g/mol. The van der Waals surface area contributed by atoms with Crippen molar-refractivity contribution in [3.8, 4) is 0 Å². The van der Waals surface area contributed by atoms with Crippen LogP contribution in [0.4, 0.5) is 0 Å². The third-order valence-corrected chi connectivity index (χ3v) is 9.29.